The number of hydrazine groups is 1. The zero-order chi connectivity index (χ0) is 15.1. The summed E-state index contributed by atoms with van der Waals surface area (Å²) in [7, 11) is 0. The van der Waals surface area contributed by atoms with Crippen molar-refractivity contribution >= 4 is 22.4 Å². The number of hydrogen-bond donors (Lipinski definition) is 1. The van der Waals surface area contributed by atoms with E-state index in [0.29, 0.717) is 0 Å². The molecule has 4 rings (SSSR count). The van der Waals surface area contributed by atoms with Crippen LogP contribution in [0.25, 0.3) is 10.8 Å². The number of amides is 1. The quantitative estimate of drug-likeness (QED) is 0.779. The van der Waals surface area contributed by atoms with Gasteiger partial charge in [-0.15, -0.1) is 0 Å². The average molecular weight is 288 g/mol. The lowest BCUT2D eigenvalue weighted by atomic mass is 9.95. The molecule has 22 heavy (non-hydrogen) atoms. The topological polar surface area (TPSA) is 32.3 Å². The summed E-state index contributed by atoms with van der Waals surface area (Å²) in [5, 5.41) is 4.22. The smallest absolute Gasteiger partial charge is 0.267 e. The molecular weight excluding hydrogens is 272 g/mol. The maximum absolute atomic E-state index is 12.2. The van der Waals surface area contributed by atoms with Crippen LogP contribution in [0.5, 0.6) is 0 Å². The second-order valence-electron chi connectivity index (χ2n) is 5.65. The van der Waals surface area contributed by atoms with E-state index >= 15 is 0 Å². The Bertz CT molecular complexity index is 849. The Balaban J connectivity index is 1.79. The molecule has 0 aromatic heterocycles. The molecular formula is C19H16N2O. The van der Waals surface area contributed by atoms with E-state index in [-0.39, 0.29) is 11.9 Å². The van der Waals surface area contributed by atoms with Crippen molar-refractivity contribution in [3.63, 3.8) is 0 Å². The van der Waals surface area contributed by atoms with Gasteiger partial charge in [0.05, 0.1) is 5.69 Å². The Labute approximate surface area is 129 Å². The van der Waals surface area contributed by atoms with Crippen molar-refractivity contribution in [2.75, 3.05) is 5.01 Å². The Hall–Kier alpha value is -2.81. The average Bonchev–Trinajstić information content (AvgIpc) is 2.54. The maximum Gasteiger partial charge on any atom is 0.267 e. The van der Waals surface area contributed by atoms with Crippen LogP contribution < -0.4 is 10.4 Å². The van der Waals surface area contributed by atoms with Gasteiger partial charge in [0, 0.05) is 0 Å². The molecule has 1 unspecified atom stereocenters. The van der Waals surface area contributed by atoms with Gasteiger partial charge >= 0.3 is 0 Å². The number of fused-ring (bicyclic) bond motifs is 1. The molecule has 1 aliphatic heterocycles. The van der Waals surface area contributed by atoms with Crippen molar-refractivity contribution in [3.8, 4) is 0 Å². The summed E-state index contributed by atoms with van der Waals surface area (Å²) in [4.78, 5) is 12.2. The van der Waals surface area contributed by atoms with Gasteiger partial charge in [-0.25, -0.2) is 0 Å². The monoisotopic (exact) mass is 288 g/mol. The van der Waals surface area contributed by atoms with Crippen LogP contribution in [0.1, 0.15) is 17.2 Å². The van der Waals surface area contributed by atoms with Gasteiger partial charge in [-0.1, -0.05) is 60.2 Å². The SMILES string of the molecule is Cc1ccc(N2NC(=O)C2c2cccc3ccccc23)cc1. The van der Waals surface area contributed by atoms with Gasteiger partial charge in [0.15, 0.2) is 6.04 Å². The molecule has 3 aromatic carbocycles. The van der Waals surface area contributed by atoms with Gasteiger partial charge in [0.25, 0.3) is 5.91 Å². The Morgan fingerprint density at radius 3 is 2.41 bits per heavy atom. The lowest BCUT2D eigenvalue weighted by molar-refractivity contribution is -0.128. The molecule has 3 heteroatoms. The molecule has 1 amide bonds. The molecule has 0 radical (unpaired) electrons. The van der Waals surface area contributed by atoms with Gasteiger partial charge in [-0.3, -0.25) is 15.2 Å². The third-order valence-electron chi connectivity index (χ3n) is 4.17. The van der Waals surface area contributed by atoms with Crippen molar-refractivity contribution < 1.29 is 4.79 Å². The molecule has 108 valence electrons. The van der Waals surface area contributed by atoms with Crippen LogP contribution in [0, 0.1) is 6.92 Å². The molecule has 0 aliphatic carbocycles. The predicted octanol–water partition coefficient (Wildman–Crippen LogP) is 3.74. The number of benzene rings is 3. The number of carbonyl (C=O) groups is 1. The first-order valence-electron chi connectivity index (χ1n) is 7.38. The van der Waals surface area contributed by atoms with Gasteiger partial charge in [-0.2, -0.15) is 0 Å². The van der Waals surface area contributed by atoms with Gasteiger partial charge in [0.2, 0.25) is 0 Å². The molecule has 1 N–H and O–H groups in total. The zero-order valence-electron chi connectivity index (χ0n) is 12.3. The number of nitrogens with one attached hydrogen (secondary N) is 1. The normalized spacial score (nSPS) is 17.2. The Morgan fingerprint density at radius 2 is 1.64 bits per heavy atom. The minimum atomic E-state index is -0.270. The molecule has 1 saturated heterocycles. The van der Waals surface area contributed by atoms with Gasteiger partial charge < -0.3 is 0 Å². The second kappa shape index (κ2) is 4.88. The van der Waals surface area contributed by atoms with Crippen LogP contribution >= 0.6 is 0 Å². The summed E-state index contributed by atoms with van der Waals surface area (Å²) in [5.41, 5.74) is 6.14. The van der Waals surface area contributed by atoms with E-state index in [4.69, 9.17) is 0 Å². The summed E-state index contributed by atoms with van der Waals surface area (Å²) in [6.45, 7) is 2.06. The van der Waals surface area contributed by atoms with Crippen LogP contribution in [0.3, 0.4) is 0 Å². The number of anilines is 1. The Kier molecular flexibility index (Phi) is 2.86. The molecule has 0 spiro atoms. The molecule has 3 aromatic rings. The van der Waals surface area contributed by atoms with Crippen LogP contribution in [-0.2, 0) is 4.79 Å². The fourth-order valence-electron chi connectivity index (χ4n) is 2.98. The molecule has 3 nitrogen and oxygen atoms in total. The minimum Gasteiger partial charge on any atom is -0.270 e. The summed E-state index contributed by atoms with van der Waals surface area (Å²) in [6, 6.07) is 22.2. The minimum absolute atomic E-state index is 0.0388. The number of carbonyl (C=O) groups excluding carboxylic acids is 1. The fraction of sp³-hybridized carbons (Fsp3) is 0.105. The summed E-state index contributed by atoms with van der Waals surface area (Å²) in [6.07, 6.45) is 0. The number of rotatable bonds is 2. The second-order valence-corrected chi connectivity index (χ2v) is 5.65. The van der Waals surface area contributed by atoms with Crippen LogP contribution in [-0.4, -0.2) is 5.91 Å². The van der Waals surface area contributed by atoms with Gasteiger partial charge in [-0.05, 0) is 35.4 Å². The van der Waals surface area contributed by atoms with Crippen molar-refractivity contribution in [2.45, 2.75) is 13.0 Å². The van der Waals surface area contributed by atoms with E-state index in [0.717, 1.165) is 22.0 Å². The molecule has 1 aliphatic rings. The van der Waals surface area contributed by atoms with Crippen molar-refractivity contribution in [2.24, 2.45) is 0 Å². The molecule has 1 atom stereocenters. The standard InChI is InChI=1S/C19H16N2O/c1-13-9-11-15(12-10-13)21-18(19(22)20-21)17-8-4-6-14-5-2-3-7-16(14)17/h2-12,18H,1H3,(H,20,22). The van der Waals surface area contributed by atoms with Crippen LogP contribution in [0.2, 0.25) is 0 Å². The highest BCUT2D eigenvalue weighted by molar-refractivity contribution is 5.99. The van der Waals surface area contributed by atoms with E-state index in [1.54, 1.807) is 0 Å². The molecule has 1 fully saturated rings. The summed E-state index contributed by atoms with van der Waals surface area (Å²) in [5.74, 6) is 0.0388. The first-order chi connectivity index (χ1) is 10.7. The van der Waals surface area contributed by atoms with Crippen molar-refractivity contribution in [1.29, 1.82) is 0 Å². The summed E-state index contributed by atoms with van der Waals surface area (Å²) < 4.78 is 0. The van der Waals surface area contributed by atoms with Gasteiger partial charge in [0.1, 0.15) is 0 Å². The lowest BCUT2D eigenvalue weighted by Crippen LogP contribution is -2.61. The molecule has 0 saturated carbocycles. The van der Waals surface area contributed by atoms with E-state index in [2.05, 4.69) is 42.7 Å². The Morgan fingerprint density at radius 1 is 0.909 bits per heavy atom. The highest BCUT2D eigenvalue weighted by Crippen LogP contribution is 2.35. The maximum atomic E-state index is 12.2. The van der Waals surface area contributed by atoms with E-state index in [9.17, 15) is 4.79 Å². The largest absolute Gasteiger partial charge is 0.270 e. The number of nitrogens with zero attached hydrogens (tertiary/aromatic N) is 1. The highest BCUT2D eigenvalue weighted by Gasteiger charge is 2.39. The van der Waals surface area contributed by atoms with E-state index in [1.807, 2.05) is 41.4 Å². The third-order valence-corrected chi connectivity index (χ3v) is 4.17. The van der Waals surface area contributed by atoms with Crippen LogP contribution in [0.4, 0.5) is 5.69 Å². The van der Waals surface area contributed by atoms with Crippen molar-refractivity contribution in [1.82, 2.24) is 5.43 Å². The zero-order valence-corrected chi connectivity index (χ0v) is 12.3. The first-order valence-corrected chi connectivity index (χ1v) is 7.38. The van der Waals surface area contributed by atoms with Crippen molar-refractivity contribution in [3.05, 3.63) is 77.9 Å². The first kappa shape index (κ1) is 12.9. The molecule has 0 bridgehead atoms. The van der Waals surface area contributed by atoms with E-state index in [1.165, 1.54) is 5.56 Å². The molecule has 1 heterocycles. The lowest BCUT2D eigenvalue weighted by Gasteiger charge is -2.42. The van der Waals surface area contributed by atoms with E-state index < -0.39 is 0 Å². The highest BCUT2D eigenvalue weighted by atomic mass is 16.2. The third kappa shape index (κ3) is 1.94. The van der Waals surface area contributed by atoms with Crippen LogP contribution in [0.15, 0.2) is 66.7 Å². The number of hydrogen-bond acceptors (Lipinski definition) is 2. The predicted molar refractivity (Wildman–Crippen MR) is 88.5 cm³/mol. The summed E-state index contributed by atoms with van der Waals surface area (Å²) >= 11 is 0. The number of aryl methyl sites for hydroxylation is 1. The fourth-order valence-corrected chi connectivity index (χ4v) is 2.98.